The van der Waals surface area contributed by atoms with Gasteiger partial charge in [0.05, 0.1) is 0 Å². The van der Waals surface area contributed by atoms with E-state index in [0.717, 1.165) is 19.3 Å². The van der Waals surface area contributed by atoms with Crippen LogP contribution in [0.1, 0.15) is 96.8 Å². The third-order valence-corrected chi connectivity index (χ3v) is 3.63. The van der Waals surface area contributed by atoms with Gasteiger partial charge in [0.2, 0.25) is 0 Å². The zero-order valence-electron chi connectivity index (χ0n) is 12.9. The molecule has 0 heterocycles. The molecule has 0 atom stereocenters. The predicted octanol–water partition coefficient (Wildman–Crippen LogP) is 5.69. The van der Waals surface area contributed by atoms with Crippen LogP contribution in [0.3, 0.4) is 0 Å². The van der Waals surface area contributed by atoms with Crippen molar-refractivity contribution < 1.29 is 4.79 Å². The highest BCUT2D eigenvalue weighted by molar-refractivity contribution is 5.75. The fourth-order valence-corrected chi connectivity index (χ4v) is 2.39. The topological polar surface area (TPSA) is 40.9 Å². The molecule has 0 saturated heterocycles. The first-order valence-corrected chi connectivity index (χ1v) is 8.25. The van der Waals surface area contributed by atoms with Crippen molar-refractivity contribution in [1.82, 2.24) is 0 Å². The van der Waals surface area contributed by atoms with Crippen molar-refractivity contribution in [2.75, 3.05) is 0 Å². The van der Waals surface area contributed by atoms with Gasteiger partial charge in [-0.3, -0.25) is 0 Å². The van der Waals surface area contributed by atoms with E-state index in [0.29, 0.717) is 5.78 Å². The summed E-state index contributed by atoms with van der Waals surface area (Å²) in [5.41, 5.74) is 0. The van der Waals surface area contributed by atoms with E-state index < -0.39 is 0 Å². The molecule has 0 amide bonds. The minimum Gasteiger partial charge on any atom is -0.313 e. The Labute approximate surface area is 119 Å². The Bertz CT molecular complexity index is 213. The lowest BCUT2D eigenvalue weighted by molar-refractivity contribution is -0.117. The van der Waals surface area contributed by atoms with E-state index in [1.807, 2.05) is 0 Å². The lowest BCUT2D eigenvalue weighted by Gasteiger charge is -2.02. The molecule has 0 bridgehead atoms. The second-order valence-corrected chi connectivity index (χ2v) is 5.69. The minimum atomic E-state index is 0.334. The molecule has 2 heteroatoms. The standard InChI is InChI=1S/C17H33NO/c1-17(19)15-13-11-9-7-5-3-2-4-6-8-10-12-14-16-18/h16,18H,2-15H2,1H3. The molecule has 19 heavy (non-hydrogen) atoms. The van der Waals surface area contributed by atoms with Crippen LogP contribution in [-0.2, 0) is 4.79 Å². The number of hydrogen-bond donors (Lipinski definition) is 1. The highest BCUT2D eigenvalue weighted by Crippen LogP contribution is 2.12. The molecule has 0 unspecified atom stereocenters. The summed E-state index contributed by atoms with van der Waals surface area (Å²) < 4.78 is 0. The molecular formula is C17H33NO. The van der Waals surface area contributed by atoms with Gasteiger partial charge in [0.15, 0.2) is 0 Å². The van der Waals surface area contributed by atoms with Crippen molar-refractivity contribution in [3.8, 4) is 0 Å². The monoisotopic (exact) mass is 267 g/mol. The Morgan fingerprint density at radius 3 is 1.47 bits per heavy atom. The number of rotatable bonds is 15. The van der Waals surface area contributed by atoms with Crippen LogP contribution in [0.15, 0.2) is 0 Å². The third kappa shape index (κ3) is 17.3. The van der Waals surface area contributed by atoms with E-state index in [9.17, 15) is 4.79 Å². The zero-order valence-corrected chi connectivity index (χ0v) is 12.9. The highest BCUT2D eigenvalue weighted by atomic mass is 16.1. The number of Topliss-reactive ketones (excluding diaryl/α,β-unsaturated/α-hetero) is 1. The van der Waals surface area contributed by atoms with Crippen LogP contribution in [0.4, 0.5) is 0 Å². The average Bonchev–Trinajstić information content (AvgIpc) is 2.39. The van der Waals surface area contributed by atoms with E-state index in [-0.39, 0.29) is 0 Å². The molecule has 2 nitrogen and oxygen atoms in total. The van der Waals surface area contributed by atoms with E-state index in [4.69, 9.17) is 5.41 Å². The summed E-state index contributed by atoms with van der Waals surface area (Å²) in [6.07, 6.45) is 19.0. The fraction of sp³-hybridized carbons (Fsp3) is 0.882. The lowest BCUT2D eigenvalue weighted by Crippen LogP contribution is -1.89. The number of unbranched alkanes of at least 4 members (excludes halogenated alkanes) is 12. The van der Waals surface area contributed by atoms with Crippen LogP contribution in [0.2, 0.25) is 0 Å². The first-order chi connectivity index (χ1) is 9.27. The van der Waals surface area contributed by atoms with Gasteiger partial charge >= 0.3 is 0 Å². The Morgan fingerprint density at radius 1 is 0.737 bits per heavy atom. The summed E-state index contributed by atoms with van der Waals surface area (Å²) in [6.45, 7) is 1.69. The van der Waals surface area contributed by atoms with E-state index in [1.54, 1.807) is 6.92 Å². The lowest BCUT2D eigenvalue weighted by atomic mass is 10.0. The predicted molar refractivity (Wildman–Crippen MR) is 84.1 cm³/mol. The number of carbonyl (C=O) groups is 1. The van der Waals surface area contributed by atoms with Gasteiger partial charge in [-0.15, -0.1) is 0 Å². The first-order valence-electron chi connectivity index (χ1n) is 8.25. The normalized spacial score (nSPS) is 10.6. The number of carbonyl (C=O) groups excluding carboxylic acids is 1. The van der Waals surface area contributed by atoms with Crippen molar-refractivity contribution in [2.45, 2.75) is 96.8 Å². The molecule has 112 valence electrons. The third-order valence-electron chi connectivity index (χ3n) is 3.63. The number of ketones is 1. The van der Waals surface area contributed by atoms with Gasteiger partial charge in [-0.05, 0) is 32.4 Å². The molecule has 0 spiro atoms. The van der Waals surface area contributed by atoms with Gasteiger partial charge in [0.1, 0.15) is 5.78 Å². The summed E-state index contributed by atoms with van der Waals surface area (Å²) >= 11 is 0. The zero-order chi connectivity index (χ0) is 14.2. The molecule has 0 radical (unpaired) electrons. The average molecular weight is 267 g/mol. The molecule has 1 N–H and O–H groups in total. The quantitative estimate of drug-likeness (QED) is 0.301. The Morgan fingerprint density at radius 2 is 1.11 bits per heavy atom. The van der Waals surface area contributed by atoms with Crippen molar-refractivity contribution in [3.63, 3.8) is 0 Å². The van der Waals surface area contributed by atoms with Gasteiger partial charge in [0.25, 0.3) is 0 Å². The van der Waals surface area contributed by atoms with Gasteiger partial charge in [0, 0.05) is 6.42 Å². The van der Waals surface area contributed by atoms with E-state index in [1.165, 1.54) is 76.8 Å². The van der Waals surface area contributed by atoms with Crippen LogP contribution in [0.25, 0.3) is 0 Å². The van der Waals surface area contributed by atoms with Crippen molar-refractivity contribution in [1.29, 1.82) is 5.41 Å². The van der Waals surface area contributed by atoms with Crippen molar-refractivity contribution >= 4 is 12.0 Å². The molecular weight excluding hydrogens is 234 g/mol. The van der Waals surface area contributed by atoms with E-state index in [2.05, 4.69) is 0 Å². The molecule has 0 aromatic rings. The van der Waals surface area contributed by atoms with Crippen LogP contribution < -0.4 is 0 Å². The summed E-state index contributed by atoms with van der Waals surface area (Å²) in [6, 6.07) is 0. The molecule has 0 aliphatic carbocycles. The van der Waals surface area contributed by atoms with E-state index >= 15 is 0 Å². The summed E-state index contributed by atoms with van der Waals surface area (Å²) in [5.74, 6) is 0.334. The van der Waals surface area contributed by atoms with Crippen molar-refractivity contribution in [2.24, 2.45) is 0 Å². The van der Waals surface area contributed by atoms with Crippen LogP contribution in [0, 0.1) is 5.41 Å². The van der Waals surface area contributed by atoms with Crippen LogP contribution >= 0.6 is 0 Å². The molecule has 0 aromatic heterocycles. The molecule has 0 aromatic carbocycles. The van der Waals surface area contributed by atoms with Gasteiger partial charge in [-0.25, -0.2) is 0 Å². The minimum absolute atomic E-state index is 0.334. The van der Waals surface area contributed by atoms with Crippen LogP contribution in [0.5, 0.6) is 0 Å². The second-order valence-electron chi connectivity index (χ2n) is 5.69. The fourth-order valence-electron chi connectivity index (χ4n) is 2.39. The molecule has 0 aliphatic heterocycles. The Balaban J connectivity index is 2.95. The molecule has 0 fully saturated rings. The number of hydrogen-bond acceptors (Lipinski definition) is 2. The van der Waals surface area contributed by atoms with Gasteiger partial charge < -0.3 is 10.2 Å². The molecule has 0 aliphatic rings. The molecule has 0 rings (SSSR count). The summed E-state index contributed by atoms with van der Waals surface area (Å²) in [5, 5.41) is 6.93. The van der Waals surface area contributed by atoms with Crippen molar-refractivity contribution in [3.05, 3.63) is 0 Å². The second kappa shape index (κ2) is 15.4. The SMILES string of the molecule is CC(=O)CCCCCCCCCCCCCCC=N. The Hall–Kier alpha value is -0.660. The first kappa shape index (κ1) is 18.3. The number of nitrogens with one attached hydrogen (secondary N) is 1. The van der Waals surface area contributed by atoms with Gasteiger partial charge in [-0.2, -0.15) is 0 Å². The smallest absolute Gasteiger partial charge is 0.129 e. The summed E-state index contributed by atoms with van der Waals surface area (Å²) in [7, 11) is 0. The highest BCUT2D eigenvalue weighted by Gasteiger charge is 1.95. The Kier molecular flexibility index (Phi) is 14.9. The van der Waals surface area contributed by atoms with Gasteiger partial charge in [-0.1, -0.05) is 64.2 Å². The van der Waals surface area contributed by atoms with Crippen LogP contribution in [-0.4, -0.2) is 12.0 Å². The molecule has 0 saturated carbocycles. The maximum absolute atomic E-state index is 10.8. The maximum Gasteiger partial charge on any atom is 0.129 e. The maximum atomic E-state index is 10.8. The summed E-state index contributed by atoms with van der Waals surface area (Å²) in [4.78, 5) is 10.8. The largest absolute Gasteiger partial charge is 0.313 e.